The number of nitrogens with two attached hydrogens (primary N) is 1. The molecule has 0 spiro atoms. The number of ether oxygens (including phenoxy) is 4. The zero-order chi connectivity index (χ0) is 29.0. The molecule has 2 aromatic carbocycles. The predicted molar refractivity (Wildman–Crippen MR) is 153 cm³/mol. The number of epoxide rings is 1. The Morgan fingerprint density at radius 1 is 1.12 bits per heavy atom. The molecule has 0 radical (unpaired) electrons. The van der Waals surface area contributed by atoms with Crippen LogP contribution in [0.5, 0.6) is 11.5 Å². The Morgan fingerprint density at radius 2 is 1.85 bits per heavy atom. The number of benzene rings is 2. The quantitative estimate of drug-likeness (QED) is 0.417. The van der Waals surface area contributed by atoms with E-state index in [9.17, 15) is 9.90 Å². The highest BCUT2D eigenvalue weighted by molar-refractivity contribution is 5.99. The third-order valence-corrected chi connectivity index (χ3v) is 9.20. The maximum absolute atomic E-state index is 13.7. The van der Waals surface area contributed by atoms with Crippen molar-refractivity contribution in [3.8, 4) is 11.5 Å². The van der Waals surface area contributed by atoms with Gasteiger partial charge in [0.15, 0.2) is 11.7 Å². The van der Waals surface area contributed by atoms with Crippen molar-refractivity contribution in [3.05, 3.63) is 59.2 Å². The summed E-state index contributed by atoms with van der Waals surface area (Å²) in [7, 11) is 1.65. The van der Waals surface area contributed by atoms with Crippen LogP contribution in [-0.2, 0) is 20.0 Å². The van der Waals surface area contributed by atoms with Crippen LogP contribution in [-0.4, -0.2) is 66.6 Å². The minimum atomic E-state index is -1.16. The topological polar surface area (TPSA) is 131 Å². The van der Waals surface area contributed by atoms with E-state index in [-0.39, 0.29) is 24.4 Å². The number of methoxy groups -OCH3 is 1. The first-order valence-electron chi connectivity index (χ1n) is 14.4. The Balaban J connectivity index is 1.38. The fraction of sp³-hybridized carbons (Fsp3) is 0.548. The summed E-state index contributed by atoms with van der Waals surface area (Å²) in [4.78, 5) is 20.3. The van der Waals surface area contributed by atoms with Crippen molar-refractivity contribution in [1.82, 2.24) is 10.2 Å². The molecule has 41 heavy (non-hydrogen) atoms. The number of carbonyl (C=O) groups excluding carboxylic acids is 1. The molecule has 0 bridgehead atoms. The van der Waals surface area contributed by atoms with Gasteiger partial charge >= 0.3 is 0 Å². The molecule has 4 N–H and O–H groups in total. The summed E-state index contributed by atoms with van der Waals surface area (Å²) in [5.41, 5.74) is 6.70. The average molecular weight is 565 g/mol. The molecular formula is C31H40N4O6. The number of aliphatic imine (C=N–C) groups is 1. The lowest BCUT2D eigenvalue weighted by molar-refractivity contribution is -0.133. The molecule has 0 saturated carbocycles. The van der Waals surface area contributed by atoms with E-state index in [1.807, 2.05) is 56.3 Å². The molecule has 10 nitrogen and oxygen atoms in total. The van der Waals surface area contributed by atoms with Gasteiger partial charge in [0, 0.05) is 29.7 Å². The molecule has 4 aliphatic heterocycles. The van der Waals surface area contributed by atoms with Gasteiger partial charge in [0.2, 0.25) is 5.91 Å². The van der Waals surface area contributed by atoms with E-state index < -0.39 is 28.9 Å². The van der Waals surface area contributed by atoms with E-state index in [0.29, 0.717) is 32.0 Å². The van der Waals surface area contributed by atoms with Gasteiger partial charge in [-0.2, -0.15) is 0 Å². The first-order valence-corrected chi connectivity index (χ1v) is 14.4. The molecule has 6 rings (SSSR count). The van der Waals surface area contributed by atoms with Crippen LogP contribution in [0.2, 0.25) is 0 Å². The van der Waals surface area contributed by atoms with Crippen molar-refractivity contribution in [2.75, 3.05) is 33.5 Å². The van der Waals surface area contributed by atoms with E-state index >= 15 is 0 Å². The summed E-state index contributed by atoms with van der Waals surface area (Å²) in [6, 6.07) is 12.8. The molecule has 1 amide bonds. The van der Waals surface area contributed by atoms with Crippen LogP contribution >= 0.6 is 0 Å². The molecule has 0 aromatic heterocycles. The molecule has 10 heteroatoms. The molecule has 4 aliphatic rings. The number of guanidine groups is 1. The molecule has 5 atom stereocenters. The van der Waals surface area contributed by atoms with E-state index in [2.05, 4.69) is 5.32 Å². The van der Waals surface area contributed by atoms with Crippen LogP contribution < -0.4 is 20.5 Å². The van der Waals surface area contributed by atoms with Crippen LogP contribution in [0.3, 0.4) is 0 Å². The average Bonchev–Trinajstić information content (AvgIpc) is 3.75. The SMILES string of the molecule is CCC1(CC)CC(=O)N([C@@H]2c3cc(C4(N[C@@H]5c6ccccc6OC[C@@]5(C)O)CO4)ccc3OC[C@@H]2COC)C(N)=N1. The van der Waals surface area contributed by atoms with Gasteiger partial charge in [-0.15, -0.1) is 0 Å². The summed E-state index contributed by atoms with van der Waals surface area (Å²) < 4.78 is 23.6. The maximum atomic E-state index is 13.7. The van der Waals surface area contributed by atoms with E-state index in [0.717, 1.165) is 35.3 Å². The van der Waals surface area contributed by atoms with Crippen molar-refractivity contribution < 1.29 is 28.8 Å². The summed E-state index contributed by atoms with van der Waals surface area (Å²) in [5.74, 6) is 1.47. The minimum Gasteiger partial charge on any atom is -0.493 e. The van der Waals surface area contributed by atoms with Crippen LogP contribution in [0.15, 0.2) is 47.5 Å². The number of nitrogens with one attached hydrogen (secondary N) is 1. The maximum Gasteiger partial charge on any atom is 0.232 e. The largest absolute Gasteiger partial charge is 0.493 e. The van der Waals surface area contributed by atoms with Crippen molar-refractivity contribution in [3.63, 3.8) is 0 Å². The third kappa shape index (κ3) is 4.76. The second-order valence-corrected chi connectivity index (χ2v) is 11.9. The highest BCUT2D eigenvalue weighted by atomic mass is 16.6. The second-order valence-electron chi connectivity index (χ2n) is 11.9. The minimum absolute atomic E-state index is 0.0454. The number of fused-ring (bicyclic) bond motifs is 2. The van der Waals surface area contributed by atoms with Crippen molar-refractivity contribution in [2.24, 2.45) is 16.6 Å². The molecular weight excluding hydrogens is 524 g/mol. The molecule has 4 heterocycles. The van der Waals surface area contributed by atoms with Gasteiger partial charge in [0.1, 0.15) is 23.7 Å². The van der Waals surface area contributed by atoms with Crippen LogP contribution in [0.4, 0.5) is 0 Å². The summed E-state index contributed by atoms with van der Waals surface area (Å²) in [6.45, 7) is 7.21. The first-order chi connectivity index (χ1) is 19.7. The number of nitrogens with zero attached hydrogens (tertiary/aromatic N) is 2. The van der Waals surface area contributed by atoms with Gasteiger partial charge in [-0.1, -0.05) is 38.1 Å². The number of carbonyl (C=O) groups is 1. The highest BCUT2D eigenvalue weighted by Crippen LogP contribution is 2.48. The van der Waals surface area contributed by atoms with E-state index in [1.165, 1.54) is 0 Å². The van der Waals surface area contributed by atoms with Gasteiger partial charge in [0.05, 0.1) is 43.9 Å². The molecule has 2 aromatic rings. The monoisotopic (exact) mass is 564 g/mol. The Kier molecular flexibility index (Phi) is 7.01. The first kappa shape index (κ1) is 28.0. The standard InChI is InChI=1S/C31H40N4O6/c1-5-30(6-2)14-25(36)35(28(32)34-30)26-19(15-38-4)16-39-24-12-11-20(13-22(24)26)31(18-41-31)33-27-21-9-7-8-10-23(21)40-17-29(27,3)37/h7-13,19,26-27,33,37H,5-6,14-18H2,1-4H3,(H2,32,34)/t19-,26-,27+,29+,31?/m0/s1. The predicted octanol–water partition coefficient (Wildman–Crippen LogP) is 3.15. The number of amides is 1. The van der Waals surface area contributed by atoms with Gasteiger partial charge in [-0.3, -0.25) is 15.0 Å². The Hall–Kier alpha value is -3.18. The number of para-hydroxylation sites is 1. The van der Waals surface area contributed by atoms with Gasteiger partial charge in [0.25, 0.3) is 0 Å². The fourth-order valence-electron chi connectivity index (χ4n) is 6.56. The lowest BCUT2D eigenvalue weighted by Crippen LogP contribution is -2.55. The smallest absolute Gasteiger partial charge is 0.232 e. The Bertz CT molecular complexity index is 1350. The van der Waals surface area contributed by atoms with E-state index in [1.54, 1.807) is 18.9 Å². The summed E-state index contributed by atoms with van der Waals surface area (Å²) >= 11 is 0. The Labute approximate surface area is 240 Å². The van der Waals surface area contributed by atoms with Gasteiger partial charge in [-0.05, 0) is 38.0 Å². The zero-order valence-corrected chi connectivity index (χ0v) is 24.2. The van der Waals surface area contributed by atoms with Gasteiger partial charge < -0.3 is 29.8 Å². The number of hydrogen-bond donors (Lipinski definition) is 3. The number of rotatable bonds is 8. The zero-order valence-electron chi connectivity index (χ0n) is 24.2. The van der Waals surface area contributed by atoms with Crippen LogP contribution in [0, 0.1) is 5.92 Å². The summed E-state index contributed by atoms with van der Waals surface area (Å²) in [6.07, 6.45) is 1.79. The van der Waals surface area contributed by atoms with Crippen molar-refractivity contribution in [2.45, 2.75) is 69.0 Å². The molecule has 1 fully saturated rings. The van der Waals surface area contributed by atoms with Crippen molar-refractivity contribution >= 4 is 11.9 Å². The fourth-order valence-corrected chi connectivity index (χ4v) is 6.56. The molecule has 220 valence electrons. The Morgan fingerprint density at radius 3 is 2.54 bits per heavy atom. The lowest BCUT2D eigenvalue weighted by Gasteiger charge is -2.44. The number of aliphatic hydroxyl groups is 1. The summed E-state index contributed by atoms with van der Waals surface area (Å²) in [5, 5.41) is 14.9. The molecule has 0 aliphatic carbocycles. The van der Waals surface area contributed by atoms with Crippen molar-refractivity contribution in [1.29, 1.82) is 0 Å². The molecule has 1 saturated heterocycles. The second kappa shape index (κ2) is 10.3. The lowest BCUT2D eigenvalue weighted by atomic mass is 9.84. The number of hydrogen-bond acceptors (Lipinski definition) is 9. The van der Waals surface area contributed by atoms with Crippen LogP contribution in [0.25, 0.3) is 0 Å². The third-order valence-electron chi connectivity index (χ3n) is 9.20. The van der Waals surface area contributed by atoms with Crippen LogP contribution in [0.1, 0.15) is 68.8 Å². The van der Waals surface area contributed by atoms with Gasteiger partial charge in [-0.25, -0.2) is 4.99 Å². The molecule has 1 unspecified atom stereocenters. The normalized spacial score (nSPS) is 31.8. The highest BCUT2D eigenvalue weighted by Gasteiger charge is 2.53. The van der Waals surface area contributed by atoms with E-state index in [4.69, 9.17) is 29.7 Å².